The number of fused-ring (bicyclic) bond motifs is 2. The molecule has 0 saturated heterocycles. The molecule has 0 unspecified atom stereocenters. The number of hydrogen-bond donors (Lipinski definition) is 0. The molecule has 0 radical (unpaired) electrons. The van der Waals surface area contributed by atoms with Gasteiger partial charge in [0.2, 0.25) is 0 Å². The number of benzene rings is 4. The van der Waals surface area contributed by atoms with Gasteiger partial charge in [0.25, 0.3) is 0 Å². The van der Waals surface area contributed by atoms with E-state index in [0.29, 0.717) is 22.5 Å². The first-order valence-corrected chi connectivity index (χ1v) is 10.4. The van der Waals surface area contributed by atoms with Gasteiger partial charge in [-0.3, -0.25) is 4.79 Å². The van der Waals surface area contributed by atoms with Crippen LogP contribution < -0.4 is 10.4 Å². The first-order valence-electron chi connectivity index (χ1n) is 10.4. The van der Waals surface area contributed by atoms with Crippen LogP contribution in [0.5, 0.6) is 5.75 Å². The zero-order chi connectivity index (χ0) is 22.1. The lowest BCUT2D eigenvalue weighted by Crippen LogP contribution is -2.12. The lowest BCUT2D eigenvalue weighted by Gasteiger charge is -2.12. The molecule has 32 heavy (non-hydrogen) atoms. The van der Waals surface area contributed by atoms with E-state index in [1.54, 1.807) is 0 Å². The van der Waals surface area contributed by atoms with Crippen LogP contribution in [0.1, 0.15) is 15.9 Å². The highest BCUT2D eigenvalue weighted by atomic mass is 16.5. The van der Waals surface area contributed by atoms with E-state index in [4.69, 9.17) is 9.15 Å². The Bertz CT molecular complexity index is 1510. The van der Waals surface area contributed by atoms with Crippen LogP contribution in [0.2, 0.25) is 0 Å². The number of hydrogen-bond acceptors (Lipinski definition) is 4. The summed E-state index contributed by atoms with van der Waals surface area (Å²) in [6.45, 7) is 1.73. The minimum atomic E-state index is -0.427. The van der Waals surface area contributed by atoms with Crippen molar-refractivity contribution in [2.45, 2.75) is 6.92 Å². The zero-order valence-corrected chi connectivity index (χ0v) is 17.5. The van der Waals surface area contributed by atoms with E-state index in [1.807, 2.05) is 91.9 Å². The molecule has 0 spiro atoms. The third-order valence-electron chi connectivity index (χ3n) is 5.63. The third kappa shape index (κ3) is 3.67. The molecule has 0 atom stereocenters. The van der Waals surface area contributed by atoms with Crippen molar-refractivity contribution >= 4 is 27.5 Å². The lowest BCUT2D eigenvalue weighted by molar-refractivity contribution is 0.0921. The largest absolute Gasteiger partial charge is 0.485 e. The second kappa shape index (κ2) is 8.16. The average Bonchev–Trinajstić information content (AvgIpc) is 2.83. The van der Waals surface area contributed by atoms with E-state index in [0.717, 1.165) is 27.3 Å². The van der Waals surface area contributed by atoms with Gasteiger partial charge in [0.1, 0.15) is 11.3 Å². The van der Waals surface area contributed by atoms with Crippen molar-refractivity contribution < 1.29 is 13.9 Å². The molecule has 4 heteroatoms. The van der Waals surface area contributed by atoms with Gasteiger partial charge in [-0.15, -0.1) is 0 Å². The summed E-state index contributed by atoms with van der Waals surface area (Å²) in [6.07, 6.45) is 0. The molecule has 0 bridgehead atoms. The Hall–Kier alpha value is -4.18. The van der Waals surface area contributed by atoms with Gasteiger partial charge in [0.05, 0.1) is 0 Å². The summed E-state index contributed by atoms with van der Waals surface area (Å²) in [5, 5.41) is 2.91. The molecule has 0 aliphatic carbocycles. The average molecular weight is 420 g/mol. The number of rotatable bonds is 5. The summed E-state index contributed by atoms with van der Waals surface area (Å²) in [5.41, 5.74) is 3.06. The van der Waals surface area contributed by atoms with Crippen LogP contribution in [-0.4, -0.2) is 12.4 Å². The van der Waals surface area contributed by atoms with Crippen LogP contribution in [0.25, 0.3) is 32.9 Å². The van der Waals surface area contributed by atoms with Gasteiger partial charge in [-0.25, -0.2) is 4.79 Å². The molecule has 5 aromatic rings. The van der Waals surface area contributed by atoms with Crippen molar-refractivity contribution in [3.8, 4) is 16.9 Å². The number of aryl methyl sites for hydroxylation is 1. The fraction of sp³-hybridized carbons (Fsp3) is 0.0714. The molecular formula is C28H20O4. The van der Waals surface area contributed by atoms with Crippen LogP contribution in [0.3, 0.4) is 0 Å². The Labute approximate surface area is 184 Å². The Balaban J connectivity index is 1.45. The van der Waals surface area contributed by atoms with E-state index >= 15 is 0 Å². The van der Waals surface area contributed by atoms with Crippen LogP contribution in [0, 0.1) is 6.92 Å². The maximum atomic E-state index is 12.7. The summed E-state index contributed by atoms with van der Waals surface area (Å²) < 4.78 is 11.4. The smallest absolute Gasteiger partial charge is 0.336 e. The van der Waals surface area contributed by atoms with Gasteiger partial charge in [-0.05, 0) is 47.0 Å². The normalized spacial score (nSPS) is 11.0. The van der Waals surface area contributed by atoms with Gasteiger partial charge in [0, 0.05) is 22.6 Å². The Morgan fingerprint density at radius 2 is 1.59 bits per heavy atom. The standard InChI is InChI=1S/C28H20O4/c1-18-26(31-17-25(29)22-12-11-19-7-5-6-10-21(19)15-22)14-13-23-24(16-27(30)32-28(18)23)20-8-3-2-4-9-20/h2-16H,17H2,1H3. The van der Waals surface area contributed by atoms with Crippen LogP contribution in [-0.2, 0) is 0 Å². The van der Waals surface area contributed by atoms with E-state index in [1.165, 1.54) is 6.07 Å². The number of carbonyl (C=O) groups is 1. The van der Waals surface area contributed by atoms with Crippen molar-refractivity contribution in [1.29, 1.82) is 0 Å². The molecule has 4 nitrogen and oxygen atoms in total. The summed E-state index contributed by atoms with van der Waals surface area (Å²) in [5.74, 6) is 0.398. The molecule has 156 valence electrons. The topological polar surface area (TPSA) is 56.5 Å². The quantitative estimate of drug-likeness (QED) is 0.252. The number of Topliss-reactive ketones (excluding diaryl/α,β-unsaturated/α-hetero) is 1. The van der Waals surface area contributed by atoms with Gasteiger partial charge in [-0.2, -0.15) is 0 Å². The van der Waals surface area contributed by atoms with Crippen molar-refractivity contribution in [3.05, 3.63) is 113 Å². The fourth-order valence-electron chi connectivity index (χ4n) is 3.95. The highest BCUT2D eigenvalue weighted by Gasteiger charge is 2.15. The number of ketones is 1. The van der Waals surface area contributed by atoms with Crippen LogP contribution in [0.4, 0.5) is 0 Å². The third-order valence-corrected chi connectivity index (χ3v) is 5.63. The second-order valence-electron chi connectivity index (χ2n) is 7.68. The number of ether oxygens (including phenoxy) is 1. The van der Waals surface area contributed by atoms with Crippen molar-refractivity contribution in [3.63, 3.8) is 0 Å². The van der Waals surface area contributed by atoms with E-state index in [-0.39, 0.29) is 12.4 Å². The molecular weight excluding hydrogens is 400 g/mol. The molecule has 1 heterocycles. The Kier molecular flexibility index (Phi) is 5.04. The summed E-state index contributed by atoms with van der Waals surface area (Å²) in [6, 6.07) is 28.4. The van der Waals surface area contributed by atoms with Crippen LogP contribution >= 0.6 is 0 Å². The Morgan fingerprint density at radius 3 is 2.41 bits per heavy atom. The molecule has 0 saturated carbocycles. The zero-order valence-electron chi connectivity index (χ0n) is 17.5. The monoisotopic (exact) mass is 420 g/mol. The van der Waals surface area contributed by atoms with Gasteiger partial charge in [-0.1, -0.05) is 66.7 Å². The predicted octanol–water partition coefficient (Wildman–Crippen LogP) is 6.18. The van der Waals surface area contributed by atoms with Gasteiger partial charge >= 0.3 is 5.63 Å². The minimum Gasteiger partial charge on any atom is -0.485 e. The van der Waals surface area contributed by atoms with Crippen LogP contribution in [0.15, 0.2) is 100 Å². The van der Waals surface area contributed by atoms with E-state index < -0.39 is 5.63 Å². The molecule has 0 aliphatic rings. The van der Waals surface area contributed by atoms with Crippen molar-refractivity contribution in [1.82, 2.24) is 0 Å². The molecule has 1 aromatic heterocycles. The number of carbonyl (C=O) groups excluding carboxylic acids is 1. The van der Waals surface area contributed by atoms with Crippen molar-refractivity contribution in [2.24, 2.45) is 0 Å². The summed E-state index contributed by atoms with van der Waals surface area (Å²) in [7, 11) is 0. The molecule has 5 rings (SSSR count). The maximum Gasteiger partial charge on any atom is 0.336 e. The Morgan fingerprint density at radius 1 is 0.844 bits per heavy atom. The second-order valence-corrected chi connectivity index (χ2v) is 7.68. The molecule has 4 aromatic carbocycles. The van der Waals surface area contributed by atoms with E-state index in [2.05, 4.69) is 0 Å². The predicted molar refractivity (Wildman–Crippen MR) is 126 cm³/mol. The molecule has 0 aliphatic heterocycles. The SMILES string of the molecule is Cc1c(OCC(=O)c2ccc3ccccc3c2)ccc2c(-c3ccccc3)cc(=O)oc12. The first kappa shape index (κ1) is 19.8. The van der Waals surface area contributed by atoms with E-state index in [9.17, 15) is 9.59 Å². The highest BCUT2D eigenvalue weighted by molar-refractivity contribution is 6.01. The highest BCUT2D eigenvalue weighted by Crippen LogP contribution is 2.33. The molecule has 0 amide bonds. The first-order chi connectivity index (χ1) is 15.6. The van der Waals surface area contributed by atoms with Gasteiger partial charge < -0.3 is 9.15 Å². The summed E-state index contributed by atoms with van der Waals surface area (Å²) in [4.78, 5) is 25.0. The maximum absolute atomic E-state index is 12.7. The fourth-order valence-corrected chi connectivity index (χ4v) is 3.95. The summed E-state index contributed by atoms with van der Waals surface area (Å²) >= 11 is 0. The molecule has 0 N–H and O–H groups in total. The van der Waals surface area contributed by atoms with Crippen molar-refractivity contribution in [2.75, 3.05) is 6.61 Å². The molecule has 0 fully saturated rings. The lowest BCUT2D eigenvalue weighted by atomic mass is 10.00. The minimum absolute atomic E-state index is 0.104. The van der Waals surface area contributed by atoms with Gasteiger partial charge in [0.15, 0.2) is 12.4 Å².